The summed E-state index contributed by atoms with van der Waals surface area (Å²) in [5.41, 5.74) is 3.08. The van der Waals surface area contributed by atoms with E-state index in [9.17, 15) is 0 Å². The van der Waals surface area contributed by atoms with E-state index in [0.717, 1.165) is 24.1 Å². The maximum absolute atomic E-state index is 6.46. The number of halogens is 1. The lowest BCUT2D eigenvalue weighted by atomic mass is 10.1. The molecule has 0 aliphatic heterocycles. The third-order valence-electron chi connectivity index (χ3n) is 4.53. The minimum absolute atomic E-state index is 0.276. The number of nitrogens with zero attached hydrogens (tertiary/aromatic N) is 2. The maximum Gasteiger partial charge on any atom is 0.247 e. The zero-order valence-electron chi connectivity index (χ0n) is 15.3. The molecular weight excluding hydrogens is 370 g/mol. The number of hydrogen-bond donors (Lipinski definition) is 1. The fourth-order valence-corrected chi connectivity index (χ4v) is 3.34. The zero-order valence-corrected chi connectivity index (χ0v) is 16.0. The molecule has 4 nitrogen and oxygen atoms in total. The first-order valence-electron chi connectivity index (χ1n) is 9.22. The Bertz CT molecular complexity index is 1020. The Morgan fingerprint density at radius 1 is 0.821 bits per heavy atom. The van der Waals surface area contributed by atoms with E-state index < -0.39 is 0 Å². The smallest absolute Gasteiger partial charge is 0.247 e. The second kappa shape index (κ2) is 8.83. The molecule has 5 heteroatoms. The van der Waals surface area contributed by atoms with E-state index in [1.54, 1.807) is 0 Å². The van der Waals surface area contributed by atoms with Crippen molar-refractivity contribution in [3.63, 3.8) is 0 Å². The van der Waals surface area contributed by atoms with E-state index in [4.69, 9.17) is 16.0 Å². The van der Waals surface area contributed by atoms with Crippen LogP contribution in [0.2, 0.25) is 5.02 Å². The van der Waals surface area contributed by atoms with Crippen molar-refractivity contribution in [1.29, 1.82) is 0 Å². The predicted molar refractivity (Wildman–Crippen MR) is 111 cm³/mol. The number of benzene rings is 3. The maximum atomic E-state index is 6.46. The van der Waals surface area contributed by atoms with Crippen molar-refractivity contribution in [3.05, 3.63) is 107 Å². The normalized spacial score (nSPS) is 12.0. The molecule has 4 aromatic rings. The molecular formula is C23H20ClN3O. The Balaban J connectivity index is 1.58. The van der Waals surface area contributed by atoms with Gasteiger partial charge in [0, 0.05) is 17.1 Å². The Kier molecular flexibility index (Phi) is 5.80. The van der Waals surface area contributed by atoms with Crippen LogP contribution in [0.4, 0.5) is 0 Å². The first-order valence-corrected chi connectivity index (χ1v) is 9.59. The quantitative estimate of drug-likeness (QED) is 0.465. The molecule has 0 aliphatic carbocycles. The van der Waals surface area contributed by atoms with Gasteiger partial charge in [-0.05, 0) is 35.7 Å². The van der Waals surface area contributed by atoms with E-state index in [1.807, 2.05) is 72.8 Å². The minimum atomic E-state index is -0.276. The highest BCUT2D eigenvalue weighted by Gasteiger charge is 2.23. The van der Waals surface area contributed by atoms with Crippen LogP contribution in [0.3, 0.4) is 0 Å². The highest BCUT2D eigenvalue weighted by molar-refractivity contribution is 6.31. The van der Waals surface area contributed by atoms with Crippen LogP contribution in [0, 0.1) is 0 Å². The van der Waals surface area contributed by atoms with Crippen LogP contribution in [0.5, 0.6) is 0 Å². The fourth-order valence-electron chi connectivity index (χ4n) is 3.09. The molecule has 1 N–H and O–H groups in total. The largest absolute Gasteiger partial charge is 0.419 e. The molecule has 3 aromatic carbocycles. The topological polar surface area (TPSA) is 51.0 Å². The van der Waals surface area contributed by atoms with Crippen molar-refractivity contribution in [3.8, 4) is 11.5 Å². The monoisotopic (exact) mass is 389 g/mol. The Hall–Kier alpha value is -2.95. The Morgan fingerprint density at radius 3 is 2.25 bits per heavy atom. The second-order valence-corrected chi connectivity index (χ2v) is 6.86. The molecule has 0 saturated heterocycles. The molecule has 1 heterocycles. The molecule has 0 fully saturated rings. The second-order valence-electron chi connectivity index (χ2n) is 6.46. The molecule has 0 radical (unpaired) electrons. The molecule has 1 aromatic heterocycles. The molecule has 0 amide bonds. The molecule has 4 rings (SSSR count). The first-order chi connectivity index (χ1) is 13.8. The molecule has 0 bridgehead atoms. The number of rotatable bonds is 7. The van der Waals surface area contributed by atoms with Gasteiger partial charge in [0.2, 0.25) is 11.8 Å². The summed E-state index contributed by atoms with van der Waals surface area (Å²) >= 11 is 6.46. The summed E-state index contributed by atoms with van der Waals surface area (Å²) in [5.74, 6) is 0.998. The Morgan fingerprint density at radius 2 is 1.50 bits per heavy atom. The summed E-state index contributed by atoms with van der Waals surface area (Å²) in [6.45, 7) is 0.753. The molecule has 28 heavy (non-hydrogen) atoms. The highest BCUT2D eigenvalue weighted by Crippen LogP contribution is 2.29. The van der Waals surface area contributed by atoms with Crippen LogP contribution in [-0.4, -0.2) is 16.7 Å². The SMILES string of the molecule is Clc1ccccc1C(NCCc1ccccc1)c1nnc(-c2ccccc2)o1. The summed E-state index contributed by atoms with van der Waals surface area (Å²) in [6, 6.07) is 27.5. The average molecular weight is 390 g/mol. The summed E-state index contributed by atoms with van der Waals surface area (Å²) in [4.78, 5) is 0. The highest BCUT2D eigenvalue weighted by atomic mass is 35.5. The van der Waals surface area contributed by atoms with Gasteiger partial charge in [-0.25, -0.2) is 0 Å². The van der Waals surface area contributed by atoms with Gasteiger partial charge < -0.3 is 9.73 Å². The first kappa shape index (κ1) is 18.4. The van der Waals surface area contributed by atoms with Gasteiger partial charge in [-0.3, -0.25) is 0 Å². The lowest BCUT2D eigenvalue weighted by Gasteiger charge is -2.17. The number of aromatic nitrogens is 2. The standard InChI is InChI=1S/C23H20ClN3O/c24-20-14-8-7-13-19(20)21(25-16-15-17-9-3-1-4-10-17)23-27-26-22(28-23)18-11-5-2-6-12-18/h1-14,21,25H,15-16H2. The minimum Gasteiger partial charge on any atom is -0.419 e. The van der Waals surface area contributed by atoms with Crippen LogP contribution < -0.4 is 5.32 Å². The summed E-state index contributed by atoms with van der Waals surface area (Å²) in [6.07, 6.45) is 0.890. The molecule has 0 spiro atoms. The van der Waals surface area contributed by atoms with Gasteiger partial charge in [0.25, 0.3) is 0 Å². The van der Waals surface area contributed by atoms with Gasteiger partial charge in [-0.1, -0.05) is 78.3 Å². The van der Waals surface area contributed by atoms with Gasteiger partial charge >= 0.3 is 0 Å². The van der Waals surface area contributed by atoms with E-state index in [-0.39, 0.29) is 6.04 Å². The molecule has 0 saturated carbocycles. The van der Waals surface area contributed by atoms with Crippen LogP contribution in [0.1, 0.15) is 23.1 Å². The van der Waals surface area contributed by atoms with Crippen molar-refractivity contribution in [2.75, 3.05) is 6.54 Å². The molecule has 0 aliphatic rings. The van der Waals surface area contributed by atoms with Crippen LogP contribution >= 0.6 is 11.6 Å². The predicted octanol–water partition coefficient (Wildman–Crippen LogP) is 5.31. The van der Waals surface area contributed by atoms with Crippen LogP contribution in [0.25, 0.3) is 11.5 Å². The molecule has 1 atom stereocenters. The van der Waals surface area contributed by atoms with Crippen molar-refractivity contribution in [2.24, 2.45) is 0 Å². The van der Waals surface area contributed by atoms with Crippen molar-refractivity contribution < 1.29 is 4.42 Å². The average Bonchev–Trinajstić information content (AvgIpc) is 3.23. The van der Waals surface area contributed by atoms with Gasteiger partial charge in [-0.2, -0.15) is 0 Å². The third kappa shape index (κ3) is 4.30. The molecule has 1 unspecified atom stereocenters. The van der Waals surface area contributed by atoms with Gasteiger partial charge in [0.05, 0.1) is 0 Å². The lowest BCUT2D eigenvalue weighted by Crippen LogP contribution is -2.25. The van der Waals surface area contributed by atoms with Crippen LogP contribution in [-0.2, 0) is 6.42 Å². The van der Waals surface area contributed by atoms with E-state index in [2.05, 4.69) is 27.6 Å². The van der Waals surface area contributed by atoms with E-state index in [1.165, 1.54) is 5.56 Å². The van der Waals surface area contributed by atoms with Crippen LogP contribution in [0.15, 0.2) is 89.3 Å². The zero-order chi connectivity index (χ0) is 19.2. The van der Waals surface area contributed by atoms with Crippen molar-refractivity contribution in [1.82, 2.24) is 15.5 Å². The lowest BCUT2D eigenvalue weighted by molar-refractivity contribution is 0.440. The Labute approximate surface area is 169 Å². The van der Waals surface area contributed by atoms with E-state index in [0.29, 0.717) is 16.8 Å². The number of hydrogen-bond acceptors (Lipinski definition) is 4. The number of nitrogens with one attached hydrogen (secondary N) is 1. The van der Waals surface area contributed by atoms with Crippen molar-refractivity contribution in [2.45, 2.75) is 12.5 Å². The summed E-state index contributed by atoms with van der Waals surface area (Å²) < 4.78 is 6.00. The van der Waals surface area contributed by atoms with E-state index >= 15 is 0 Å². The summed E-state index contributed by atoms with van der Waals surface area (Å²) in [5, 5.41) is 12.7. The summed E-state index contributed by atoms with van der Waals surface area (Å²) in [7, 11) is 0. The van der Waals surface area contributed by atoms with Gasteiger partial charge in [0.1, 0.15) is 6.04 Å². The van der Waals surface area contributed by atoms with Crippen molar-refractivity contribution >= 4 is 11.6 Å². The molecule has 140 valence electrons. The fraction of sp³-hybridized carbons (Fsp3) is 0.130. The van der Waals surface area contributed by atoms with Gasteiger partial charge in [-0.15, -0.1) is 10.2 Å². The van der Waals surface area contributed by atoms with Gasteiger partial charge in [0.15, 0.2) is 0 Å². The third-order valence-corrected chi connectivity index (χ3v) is 4.87.